The maximum absolute atomic E-state index is 11.8. The Morgan fingerprint density at radius 2 is 2.05 bits per heavy atom. The molecule has 0 saturated heterocycles. The number of aryl methyl sites for hydroxylation is 1. The molecule has 7 nitrogen and oxygen atoms in total. The van der Waals surface area contributed by atoms with Gasteiger partial charge in [0.25, 0.3) is 0 Å². The minimum atomic E-state index is -0.914. The van der Waals surface area contributed by atoms with Gasteiger partial charge < -0.3 is 15.0 Å². The lowest BCUT2D eigenvalue weighted by molar-refractivity contribution is -0.134. The Morgan fingerprint density at radius 1 is 1.42 bits per heavy atom. The summed E-state index contributed by atoms with van der Waals surface area (Å²) < 4.78 is 1.77. The molecule has 106 valence electrons. The van der Waals surface area contributed by atoms with Gasteiger partial charge in [0.15, 0.2) is 5.16 Å². The SMILES string of the molecule is CNC(=O)C(C)(C)Cn1c(C)nnc1SCC(=O)O. The summed E-state index contributed by atoms with van der Waals surface area (Å²) in [4.78, 5) is 22.4. The quantitative estimate of drug-likeness (QED) is 0.741. The van der Waals surface area contributed by atoms with Gasteiger partial charge in [-0.1, -0.05) is 11.8 Å². The first-order valence-corrected chi connectivity index (χ1v) is 6.73. The minimum Gasteiger partial charge on any atom is -0.481 e. The fourth-order valence-electron chi connectivity index (χ4n) is 1.58. The molecular formula is C11H18N4O3S. The van der Waals surface area contributed by atoms with Gasteiger partial charge in [0.05, 0.1) is 11.2 Å². The van der Waals surface area contributed by atoms with Crippen LogP contribution in [0.3, 0.4) is 0 Å². The first-order chi connectivity index (χ1) is 8.77. The zero-order valence-electron chi connectivity index (χ0n) is 11.4. The van der Waals surface area contributed by atoms with Crippen LogP contribution in [-0.2, 0) is 16.1 Å². The average molecular weight is 286 g/mol. The predicted molar refractivity (Wildman–Crippen MR) is 71.0 cm³/mol. The van der Waals surface area contributed by atoms with Gasteiger partial charge in [0.1, 0.15) is 5.82 Å². The highest BCUT2D eigenvalue weighted by Crippen LogP contribution is 2.24. The smallest absolute Gasteiger partial charge is 0.313 e. The number of aliphatic carboxylic acids is 1. The highest BCUT2D eigenvalue weighted by atomic mass is 32.2. The molecule has 1 heterocycles. The third-order valence-electron chi connectivity index (χ3n) is 2.62. The largest absolute Gasteiger partial charge is 0.481 e. The topological polar surface area (TPSA) is 97.1 Å². The number of carboxylic acids is 1. The lowest BCUT2D eigenvalue weighted by Crippen LogP contribution is -2.38. The van der Waals surface area contributed by atoms with Gasteiger partial charge in [0, 0.05) is 13.6 Å². The number of carbonyl (C=O) groups excluding carboxylic acids is 1. The monoisotopic (exact) mass is 286 g/mol. The number of carbonyl (C=O) groups is 2. The average Bonchev–Trinajstić information content (AvgIpc) is 2.66. The molecule has 0 saturated carbocycles. The van der Waals surface area contributed by atoms with Gasteiger partial charge in [0.2, 0.25) is 5.91 Å². The Hall–Kier alpha value is -1.57. The lowest BCUT2D eigenvalue weighted by atomic mass is 9.92. The predicted octanol–water partition coefficient (Wildman–Crippen LogP) is 0.535. The van der Waals surface area contributed by atoms with Crippen molar-refractivity contribution in [3.05, 3.63) is 5.82 Å². The Balaban J connectivity index is 2.91. The highest BCUT2D eigenvalue weighted by molar-refractivity contribution is 7.99. The fourth-order valence-corrected chi connectivity index (χ4v) is 2.29. The van der Waals surface area contributed by atoms with E-state index in [9.17, 15) is 9.59 Å². The van der Waals surface area contributed by atoms with E-state index in [0.717, 1.165) is 11.8 Å². The van der Waals surface area contributed by atoms with E-state index in [4.69, 9.17) is 5.11 Å². The molecule has 0 unspecified atom stereocenters. The van der Waals surface area contributed by atoms with Crippen LogP contribution in [0.5, 0.6) is 0 Å². The summed E-state index contributed by atoms with van der Waals surface area (Å²) in [5.74, 6) is -0.430. The first kappa shape index (κ1) is 15.5. The van der Waals surface area contributed by atoms with Crippen molar-refractivity contribution < 1.29 is 14.7 Å². The van der Waals surface area contributed by atoms with Gasteiger partial charge >= 0.3 is 5.97 Å². The highest BCUT2D eigenvalue weighted by Gasteiger charge is 2.29. The van der Waals surface area contributed by atoms with Crippen LogP contribution in [0.2, 0.25) is 0 Å². The van der Waals surface area contributed by atoms with Crippen LogP contribution in [0, 0.1) is 12.3 Å². The molecule has 0 aromatic carbocycles. The Labute approximate surface area is 115 Å². The number of carboxylic acid groups (broad SMARTS) is 1. The summed E-state index contributed by atoms with van der Waals surface area (Å²) in [6, 6.07) is 0. The second kappa shape index (κ2) is 6.05. The van der Waals surface area contributed by atoms with Crippen LogP contribution in [0.1, 0.15) is 19.7 Å². The van der Waals surface area contributed by atoms with Crippen molar-refractivity contribution in [1.82, 2.24) is 20.1 Å². The Morgan fingerprint density at radius 3 is 2.58 bits per heavy atom. The van der Waals surface area contributed by atoms with E-state index in [0.29, 0.717) is 17.5 Å². The van der Waals surface area contributed by atoms with Gasteiger partial charge in [-0.25, -0.2) is 0 Å². The van der Waals surface area contributed by atoms with Gasteiger partial charge in [-0.15, -0.1) is 10.2 Å². The number of aromatic nitrogens is 3. The van der Waals surface area contributed by atoms with Crippen LogP contribution in [0.25, 0.3) is 0 Å². The molecule has 0 bridgehead atoms. The minimum absolute atomic E-state index is 0.0848. The summed E-state index contributed by atoms with van der Waals surface area (Å²) in [7, 11) is 1.59. The summed E-state index contributed by atoms with van der Waals surface area (Å²) in [5, 5.41) is 19.7. The first-order valence-electron chi connectivity index (χ1n) is 5.74. The number of nitrogens with one attached hydrogen (secondary N) is 1. The van der Waals surface area contributed by atoms with Gasteiger partial charge in [-0.3, -0.25) is 9.59 Å². The molecular weight excluding hydrogens is 268 g/mol. The van der Waals surface area contributed by atoms with Crippen LogP contribution in [0.15, 0.2) is 5.16 Å². The Kier molecular flexibility index (Phi) is 4.93. The van der Waals surface area contributed by atoms with E-state index in [1.54, 1.807) is 18.5 Å². The molecule has 0 atom stereocenters. The molecule has 0 spiro atoms. The number of hydrogen-bond acceptors (Lipinski definition) is 5. The van der Waals surface area contributed by atoms with Crippen LogP contribution in [-0.4, -0.2) is 44.5 Å². The zero-order valence-corrected chi connectivity index (χ0v) is 12.2. The van der Waals surface area contributed by atoms with E-state index < -0.39 is 11.4 Å². The second-order valence-electron chi connectivity index (χ2n) is 4.76. The molecule has 0 radical (unpaired) electrons. The van der Waals surface area contributed by atoms with Crippen molar-refractivity contribution in [2.75, 3.05) is 12.8 Å². The maximum Gasteiger partial charge on any atom is 0.313 e. The summed E-state index contributed by atoms with van der Waals surface area (Å²) in [6.07, 6.45) is 0. The van der Waals surface area contributed by atoms with Crippen molar-refractivity contribution in [3.8, 4) is 0 Å². The standard InChI is InChI=1S/C11H18N4O3S/c1-7-13-14-10(19-5-8(16)17)15(7)6-11(2,3)9(18)12-4/h5-6H2,1-4H3,(H,12,18)(H,16,17). The van der Waals surface area contributed by atoms with Crippen LogP contribution in [0.4, 0.5) is 0 Å². The number of nitrogens with zero attached hydrogens (tertiary/aromatic N) is 3. The molecule has 1 aromatic heterocycles. The molecule has 1 rings (SSSR count). The molecule has 0 aliphatic heterocycles. The number of amides is 1. The number of rotatable bonds is 6. The molecule has 0 aliphatic carbocycles. The van der Waals surface area contributed by atoms with E-state index in [1.807, 2.05) is 13.8 Å². The normalized spacial score (nSPS) is 11.4. The van der Waals surface area contributed by atoms with Crippen LogP contribution >= 0.6 is 11.8 Å². The number of hydrogen-bond donors (Lipinski definition) is 2. The summed E-state index contributed by atoms with van der Waals surface area (Å²) >= 11 is 1.09. The summed E-state index contributed by atoms with van der Waals surface area (Å²) in [6.45, 7) is 5.80. The molecule has 19 heavy (non-hydrogen) atoms. The van der Waals surface area contributed by atoms with Gasteiger partial charge in [-0.05, 0) is 20.8 Å². The molecule has 2 N–H and O–H groups in total. The van der Waals surface area contributed by atoms with Crippen LogP contribution < -0.4 is 5.32 Å². The maximum atomic E-state index is 11.8. The van der Waals surface area contributed by atoms with Crippen molar-refractivity contribution >= 4 is 23.6 Å². The van der Waals surface area contributed by atoms with Crippen molar-refractivity contribution in [3.63, 3.8) is 0 Å². The lowest BCUT2D eigenvalue weighted by Gasteiger charge is -2.24. The van der Waals surface area contributed by atoms with Crippen molar-refractivity contribution in [2.45, 2.75) is 32.5 Å². The van der Waals surface area contributed by atoms with Crippen molar-refractivity contribution in [1.29, 1.82) is 0 Å². The van der Waals surface area contributed by atoms with E-state index in [-0.39, 0.29) is 11.7 Å². The second-order valence-corrected chi connectivity index (χ2v) is 5.70. The fraction of sp³-hybridized carbons (Fsp3) is 0.636. The van der Waals surface area contributed by atoms with E-state index in [1.165, 1.54) is 0 Å². The van der Waals surface area contributed by atoms with Crippen molar-refractivity contribution in [2.24, 2.45) is 5.41 Å². The summed E-state index contributed by atoms with van der Waals surface area (Å²) in [5.41, 5.74) is -0.625. The number of thioether (sulfide) groups is 1. The molecule has 1 amide bonds. The molecule has 0 fully saturated rings. The molecule has 0 aliphatic rings. The van der Waals surface area contributed by atoms with Gasteiger partial charge in [-0.2, -0.15) is 0 Å². The molecule has 8 heteroatoms. The zero-order chi connectivity index (χ0) is 14.6. The Bertz CT molecular complexity index is 484. The third-order valence-corrected chi connectivity index (χ3v) is 3.57. The molecule has 1 aromatic rings. The third kappa shape index (κ3) is 3.95. The van der Waals surface area contributed by atoms with E-state index in [2.05, 4.69) is 15.5 Å². The van der Waals surface area contributed by atoms with E-state index >= 15 is 0 Å².